The number of nitrogens with one attached hydrogen (secondary N) is 1. The van der Waals surface area contributed by atoms with Crippen LogP contribution in [0.4, 0.5) is 5.69 Å². The molecule has 0 aromatic heterocycles. The molecule has 0 heterocycles. The Bertz CT molecular complexity index is 1150. The summed E-state index contributed by atoms with van der Waals surface area (Å²) in [5, 5.41) is 2.90. The average Bonchev–Trinajstić information content (AvgIpc) is 2.76. The van der Waals surface area contributed by atoms with E-state index >= 15 is 0 Å². The van der Waals surface area contributed by atoms with E-state index in [-0.39, 0.29) is 23.9 Å². The Morgan fingerprint density at radius 2 is 1.58 bits per heavy atom. The summed E-state index contributed by atoms with van der Waals surface area (Å²) < 4.78 is 26.7. The first-order chi connectivity index (χ1) is 16.6. The summed E-state index contributed by atoms with van der Waals surface area (Å²) in [4.78, 5) is 28.3. The summed E-state index contributed by atoms with van der Waals surface area (Å²) >= 11 is 0. The number of rotatable bonds is 10. The number of sulfonamides is 1. The molecule has 36 heavy (non-hydrogen) atoms. The summed E-state index contributed by atoms with van der Waals surface area (Å²) in [6, 6.07) is 14.1. The van der Waals surface area contributed by atoms with E-state index in [4.69, 9.17) is 0 Å². The van der Waals surface area contributed by atoms with Crippen LogP contribution in [-0.4, -0.2) is 50.0 Å². The molecule has 0 aliphatic carbocycles. The van der Waals surface area contributed by atoms with Crippen molar-refractivity contribution in [1.82, 2.24) is 10.2 Å². The number of amides is 2. The van der Waals surface area contributed by atoms with Crippen molar-refractivity contribution in [2.45, 2.75) is 78.9 Å². The van der Waals surface area contributed by atoms with Crippen LogP contribution in [0.25, 0.3) is 0 Å². The smallest absolute Gasteiger partial charge is 0.244 e. The van der Waals surface area contributed by atoms with E-state index in [1.807, 2.05) is 64.1 Å². The zero-order valence-electron chi connectivity index (χ0n) is 22.8. The van der Waals surface area contributed by atoms with Crippen molar-refractivity contribution in [2.75, 3.05) is 17.1 Å². The lowest BCUT2D eigenvalue weighted by Gasteiger charge is -2.33. The molecule has 2 aromatic carbocycles. The van der Waals surface area contributed by atoms with Gasteiger partial charge >= 0.3 is 0 Å². The number of aryl methyl sites for hydroxylation is 1. The molecule has 0 saturated carbocycles. The monoisotopic (exact) mass is 515 g/mol. The predicted molar refractivity (Wildman–Crippen MR) is 146 cm³/mol. The predicted octanol–water partition coefficient (Wildman–Crippen LogP) is 4.39. The first-order valence-electron chi connectivity index (χ1n) is 12.4. The van der Waals surface area contributed by atoms with Gasteiger partial charge in [0.1, 0.15) is 12.6 Å². The first-order valence-corrected chi connectivity index (χ1v) is 14.2. The fraction of sp³-hybridized carbons (Fsp3) is 0.500. The SMILES string of the molecule is CC[C@H](C(=O)NC(C)C)N(Cc1ccccc1C)C(=O)CN(c1ccc(C(C)(C)C)cc1)S(C)(=O)=O. The quantitative estimate of drug-likeness (QED) is 0.508. The summed E-state index contributed by atoms with van der Waals surface area (Å²) in [5.74, 6) is -0.691. The summed E-state index contributed by atoms with van der Waals surface area (Å²) in [6.45, 7) is 13.6. The van der Waals surface area contributed by atoms with E-state index in [1.54, 1.807) is 12.1 Å². The number of benzene rings is 2. The van der Waals surface area contributed by atoms with Crippen LogP contribution in [-0.2, 0) is 31.6 Å². The van der Waals surface area contributed by atoms with E-state index in [0.717, 1.165) is 27.3 Å². The van der Waals surface area contributed by atoms with Gasteiger partial charge in [-0.3, -0.25) is 13.9 Å². The molecule has 0 aliphatic heterocycles. The standard InChI is InChI=1S/C28H41N3O4S/c1-9-25(27(33)29-20(2)3)30(18-22-13-11-10-12-21(22)4)26(32)19-31(36(8,34)35)24-16-14-23(15-17-24)28(5,6)7/h10-17,20,25H,9,18-19H2,1-8H3,(H,29,33)/t25-/m1/s1. The van der Waals surface area contributed by atoms with Crippen molar-refractivity contribution in [3.05, 3.63) is 65.2 Å². The third-order valence-corrected chi connectivity index (χ3v) is 7.26. The second-order valence-electron chi connectivity index (χ2n) is 10.6. The van der Waals surface area contributed by atoms with Gasteiger partial charge in [0, 0.05) is 12.6 Å². The molecule has 8 heteroatoms. The van der Waals surface area contributed by atoms with Gasteiger partial charge in [-0.25, -0.2) is 8.42 Å². The molecule has 0 saturated heterocycles. The maximum atomic E-state index is 13.7. The zero-order valence-corrected chi connectivity index (χ0v) is 23.6. The van der Waals surface area contributed by atoms with Crippen LogP contribution < -0.4 is 9.62 Å². The van der Waals surface area contributed by atoms with Crippen LogP contribution in [0.15, 0.2) is 48.5 Å². The highest BCUT2D eigenvalue weighted by molar-refractivity contribution is 7.92. The van der Waals surface area contributed by atoms with Crippen molar-refractivity contribution < 1.29 is 18.0 Å². The molecule has 2 aromatic rings. The molecule has 0 bridgehead atoms. The van der Waals surface area contributed by atoms with Crippen molar-refractivity contribution in [2.24, 2.45) is 0 Å². The molecular formula is C28H41N3O4S. The summed E-state index contributed by atoms with van der Waals surface area (Å²) in [6.07, 6.45) is 1.49. The number of hydrogen-bond donors (Lipinski definition) is 1. The normalized spacial score (nSPS) is 12.8. The van der Waals surface area contributed by atoms with Gasteiger partial charge in [0.25, 0.3) is 0 Å². The molecule has 0 unspecified atom stereocenters. The minimum atomic E-state index is -3.76. The second-order valence-corrected chi connectivity index (χ2v) is 12.5. The van der Waals surface area contributed by atoms with Gasteiger partial charge in [-0.2, -0.15) is 0 Å². The van der Waals surface area contributed by atoms with Gasteiger partial charge in [0.05, 0.1) is 11.9 Å². The van der Waals surface area contributed by atoms with Gasteiger partial charge in [-0.15, -0.1) is 0 Å². The molecule has 0 radical (unpaired) electrons. The first kappa shape index (κ1) is 29.4. The molecule has 1 atom stereocenters. The van der Waals surface area contributed by atoms with Crippen LogP contribution in [0, 0.1) is 6.92 Å². The summed E-state index contributed by atoms with van der Waals surface area (Å²) in [5.41, 5.74) is 3.28. The third kappa shape index (κ3) is 7.82. The fourth-order valence-electron chi connectivity index (χ4n) is 4.01. The lowest BCUT2D eigenvalue weighted by molar-refractivity contribution is -0.140. The molecule has 198 valence electrons. The van der Waals surface area contributed by atoms with E-state index in [1.165, 1.54) is 4.90 Å². The average molecular weight is 516 g/mol. The van der Waals surface area contributed by atoms with Crippen molar-refractivity contribution in [1.29, 1.82) is 0 Å². The highest BCUT2D eigenvalue weighted by Crippen LogP contribution is 2.26. The van der Waals surface area contributed by atoms with Crippen LogP contribution in [0.5, 0.6) is 0 Å². The largest absolute Gasteiger partial charge is 0.352 e. The highest BCUT2D eigenvalue weighted by atomic mass is 32.2. The van der Waals surface area contributed by atoms with Crippen LogP contribution in [0.3, 0.4) is 0 Å². The van der Waals surface area contributed by atoms with Crippen molar-refractivity contribution in [3.8, 4) is 0 Å². The van der Waals surface area contributed by atoms with E-state index in [2.05, 4.69) is 26.1 Å². The van der Waals surface area contributed by atoms with Crippen molar-refractivity contribution in [3.63, 3.8) is 0 Å². The van der Waals surface area contributed by atoms with Gasteiger partial charge in [-0.1, -0.05) is 64.1 Å². The Kier molecular flexibility index (Phi) is 9.71. The van der Waals surface area contributed by atoms with E-state index < -0.39 is 28.5 Å². The molecule has 1 N–H and O–H groups in total. The molecule has 7 nitrogen and oxygen atoms in total. The van der Waals surface area contributed by atoms with Gasteiger partial charge < -0.3 is 10.2 Å². The lowest BCUT2D eigenvalue weighted by Crippen LogP contribution is -2.53. The molecule has 0 spiro atoms. The molecule has 2 rings (SSSR count). The minimum absolute atomic E-state index is 0.0872. The Morgan fingerprint density at radius 1 is 1.00 bits per heavy atom. The maximum absolute atomic E-state index is 13.7. The highest BCUT2D eigenvalue weighted by Gasteiger charge is 2.32. The second kappa shape index (κ2) is 11.9. The number of nitrogens with zero attached hydrogens (tertiary/aromatic N) is 2. The Balaban J connectivity index is 2.46. The zero-order chi connectivity index (χ0) is 27.3. The number of hydrogen-bond acceptors (Lipinski definition) is 4. The molecule has 2 amide bonds. The topological polar surface area (TPSA) is 86.8 Å². The van der Waals surface area contributed by atoms with Gasteiger partial charge in [-0.05, 0) is 61.4 Å². The van der Waals surface area contributed by atoms with Crippen LogP contribution in [0.2, 0.25) is 0 Å². The Morgan fingerprint density at radius 3 is 2.06 bits per heavy atom. The Labute approximate surface area is 216 Å². The van der Waals surface area contributed by atoms with Gasteiger partial charge in [0.15, 0.2) is 0 Å². The van der Waals surface area contributed by atoms with Crippen molar-refractivity contribution >= 4 is 27.5 Å². The maximum Gasteiger partial charge on any atom is 0.244 e. The van der Waals surface area contributed by atoms with E-state index in [9.17, 15) is 18.0 Å². The molecular weight excluding hydrogens is 474 g/mol. The Hall–Kier alpha value is -2.87. The lowest BCUT2D eigenvalue weighted by atomic mass is 9.87. The number of carbonyl (C=O) groups excluding carboxylic acids is 2. The van der Waals surface area contributed by atoms with Gasteiger partial charge in [0.2, 0.25) is 21.8 Å². The fourth-order valence-corrected chi connectivity index (χ4v) is 4.86. The molecule has 0 fully saturated rings. The number of anilines is 1. The third-order valence-electron chi connectivity index (χ3n) is 6.12. The molecule has 0 aliphatic rings. The van der Waals surface area contributed by atoms with Crippen LogP contribution >= 0.6 is 0 Å². The van der Waals surface area contributed by atoms with Crippen LogP contribution in [0.1, 0.15) is 64.7 Å². The van der Waals surface area contributed by atoms with E-state index in [0.29, 0.717) is 12.1 Å². The minimum Gasteiger partial charge on any atom is -0.352 e. The number of carbonyl (C=O) groups is 2. The summed E-state index contributed by atoms with van der Waals surface area (Å²) in [7, 11) is -3.76.